The third-order valence-electron chi connectivity index (χ3n) is 3.53. The van der Waals surface area contributed by atoms with Crippen LogP contribution in [0.4, 0.5) is 0 Å². The molecule has 2 N–H and O–H groups in total. The van der Waals surface area contributed by atoms with Crippen LogP contribution in [-0.4, -0.2) is 26.5 Å². The van der Waals surface area contributed by atoms with Gasteiger partial charge in [-0.3, -0.25) is 4.79 Å². The minimum absolute atomic E-state index is 0.0721. The molecule has 1 amide bonds. The first-order chi connectivity index (χ1) is 12.5. The molecule has 2 rings (SSSR count). The summed E-state index contributed by atoms with van der Waals surface area (Å²) in [5.41, 5.74) is 0.205. The monoisotopic (exact) mass is 394 g/mol. The number of sulfonamides is 1. The van der Waals surface area contributed by atoms with Gasteiger partial charge in [-0.2, -0.15) is 0 Å². The molecule has 0 fully saturated rings. The minimum Gasteiger partial charge on any atom is -0.494 e. The summed E-state index contributed by atoms with van der Waals surface area (Å²) in [7, 11) is -3.84. The second-order valence-electron chi connectivity index (χ2n) is 7.17. The summed E-state index contributed by atoms with van der Waals surface area (Å²) < 4.78 is 37.8. The van der Waals surface area contributed by atoms with Crippen LogP contribution in [0.15, 0.2) is 45.9 Å². The van der Waals surface area contributed by atoms with E-state index in [9.17, 15) is 13.2 Å². The van der Waals surface area contributed by atoms with Crippen LogP contribution in [0.5, 0.6) is 5.75 Å². The van der Waals surface area contributed by atoms with Crippen LogP contribution in [-0.2, 0) is 10.0 Å². The van der Waals surface area contributed by atoms with Gasteiger partial charge in [0.25, 0.3) is 15.9 Å². The molecule has 148 valence electrons. The van der Waals surface area contributed by atoms with Crippen molar-refractivity contribution in [2.75, 3.05) is 6.61 Å². The van der Waals surface area contributed by atoms with E-state index in [-0.39, 0.29) is 16.9 Å². The maximum absolute atomic E-state index is 12.4. The fraction of sp³-hybridized carbons (Fsp3) is 0.421. The van der Waals surface area contributed by atoms with E-state index in [4.69, 9.17) is 9.15 Å². The van der Waals surface area contributed by atoms with E-state index in [0.29, 0.717) is 6.61 Å². The second kappa shape index (κ2) is 8.14. The Labute approximate surface area is 160 Å². The molecule has 1 aromatic heterocycles. The maximum Gasteiger partial charge on any atom is 0.287 e. The van der Waals surface area contributed by atoms with Crippen molar-refractivity contribution in [3.8, 4) is 5.75 Å². The topological polar surface area (TPSA) is 97.6 Å². The number of hydrogen-bond donors (Lipinski definition) is 2. The van der Waals surface area contributed by atoms with Crippen molar-refractivity contribution in [3.63, 3.8) is 0 Å². The highest BCUT2D eigenvalue weighted by atomic mass is 32.2. The SMILES string of the molecule is CCOc1cccc(C(C)NC(=O)c2ccc(S(=O)(=O)NC(C)(C)C)o2)c1. The van der Waals surface area contributed by atoms with Crippen molar-refractivity contribution >= 4 is 15.9 Å². The lowest BCUT2D eigenvalue weighted by molar-refractivity contribution is 0.0906. The Morgan fingerprint density at radius 3 is 2.56 bits per heavy atom. The number of furan rings is 1. The van der Waals surface area contributed by atoms with Gasteiger partial charge in [0.2, 0.25) is 5.09 Å². The van der Waals surface area contributed by atoms with Gasteiger partial charge in [-0.25, -0.2) is 13.1 Å². The van der Waals surface area contributed by atoms with E-state index < -0.39 is 21.5 Å². The van der Waals surface area contributed by atoms with E-state index in [1.54, 1.807) is 20.8 Å². The summed E-state index contributed by atoms with van der Waals surface area (Å²) >= 11 is 0. The van der Waals surface area contributed by atoms with Crippen molar-refractivity contribution in [3.05, 3.63) is 47.7 Å². The average molecular weight is 394 g/mol. The fourth-order valence-corrected chi connectivity index (χ4v) is 3.78. The van der Waals surface area contributed by atoms with E-state index in [2.05, 4.69) is 10.0 Å². The molecule has 0 aliphatic carbocycles. The van der Waals surface area contributed by atoms with Gasteiger partial charge < -0.3 is 14.5 Å². The highest BCUT2D eigenvalue weighted by molar-refractivity contribution is 7.89. The molecule has 0 spiro atoms. The van der Waals surface area contributed by atoms with Gasteiger partial charge in [-0.05, 0) is 64.4 Å². The molecule has 0 saturated carbocycles. The van der Waals surface area contributed by atoms with Crippen LogP contribution in [0, 0.1) is 0 Å². The molecule has 0 saturated heterocycles. The molecule has 1 atom stereocenters. The highest BCUT2D eigenvalue weighted by Crippen LogP contribution is 2.21. The number of hydrogen-bond acceptors (Lipinski definition) is 5. The van der Waals surface area contributed by atoms with Crippen molar-refractivity contribution in [1.29, 1.82) is 0 Å². The summed E-state index contributed by atoms with van der Waals surface area (Å²) in [5.74, 6) is 0.148. The number of nitrogens with one attached hydrogen (secondary N) is 2. The number of benzene rings is 1. The van der Waals surface area contributed by atoms with Crippen LogP contribution in [0.2, 0.25) is 0 Å². The summed E-state index contributed by atoms with van der Waals surface area (Å²) in [6.45, 7) is 9.44. The van der Waals surface area contributed by atoms with Gasteiger partial charge in [0.05, 0.1) is 12.6 Å². The van der Waals surface area contributed by atoms with Gasteiger partial charge in [-0.15, -0.1) is 0 Å². The first-order valence-corrected chi connectivity index (χ1v) is 10.2. The lowest BCUT2D eigenvalue weighted by Gasteiger charge is -2.19. The smallest absolute Gasteiger partial charge is 0.287 e. The van der Waals surface area contributed by atoms with E-state index >= 15 is 0 Å². The average Bonchev–Trinajstić information content (AvgIpc) is 3.04. The van der Waals surface area contributed by atoms with E-state index in [1.165, 1.54) is 12.1 Å². The molecule has 0 aliphatic heterocycles. The zero-order valence-electron chi connectivity index (χ0n) is 16.2. The fourth-order valence-electron chi connectivity index (χ4n) is 2.43. The zero-order valence-corrected chi connectivity index (χ0v) is 17.0. The standard InChI is InChI=1S/C19H26N2O5S/c1-6-25-15-9-7-8-14(12-15)13(2)20-18(22)16-10-11-17(26-16)27(23,24)21-19(3,4)5/h7-13,21H,6H2,1-5H3,(H,20,22). The first kappa shape index (κ1) is 21.0. The lowest BCUT2D eigenvalue weighted by Crippen LogP contribution is -2.40. The van der Waals surface area contributed by atoms with Gasteiger partial charge in [0.15, 0.2) is 5.76 Å². The van der Waals surface area contributed by atoms with Crippen molar-refractivity contribution in [1.82, 2.24) is 10.0 Å². The van der Waals surface area contributed by atoms with E-state index in [0.717, 1.165) is 11.3 Å². The number of carbonyl (C=O) groups is 1. The molecule has 0 radical (unpaired) electrons. The molecule has 0 aliphatic rings. The Kier molecular flexibility index (Phi) is 6.33. The molecule has 7 nitrogen and oxygen atoms in total. The highest BCUT2D eigenvalue weighted by Gasteiger charge is 2.26. The Bertz CT molecular complexity index is 897. The summed E-state index contributed by atoms with van der Waals surface area (Å²) in [6.07, 6.45) is 0. The third-order valence-corrected chi connectivity index (χ3v) is 5.16. The number of carbonyl (C=O) groups excluding carboxylic acids is 1. The number of amides is 1. The van der Waals surface area contributed by atoms with Gasteiger partial charge >= 0.3 is 0 Å². The second-order valence-corrected chi connectivity index (χ2v) is 8.79. The van der Waals surface area contributed by atoms with Crippen LogP contribution < -0.4 is 14.8 Å². The van der Waals surface area contributed by atoms with Gasteiger partial charge in [0.1, 0.15) is 5.75 Å². The molecule has 1 heterocycles. The zero-order chi connectivity index (χ0) is 20.2. The first-order valence-electron chi connectivity index (χ1n) is 8.69. The summed E-state index contributed by atoms with van der Waals surface area (Å²) in [5, 5.41) is 2.49. The Balaban J connectivity index is 2.11. The molecule has 1 unspecified atom stereocenters. The summed E-state index contributed by atoms with van der Waals surface area (Å²) in [6, 6.07) is 9.71. The van der Waals surface area contributed by atoms with Crippen LogP contribution in [0.25, 0.3) is 0 Å². The summed E-state index contributed by atoms with van der Waals surface area (Å²) in [4.78, 5) is 12.4. The van der Waals surface area contributed by atoms with Crippen molar-refractivity contribution in [2.45, 2.75) is 51.3 Å². The number of rotatable bonds is 7. The Morgan fingerprint density at radius 1 is 1.22 bits per heavy atom. The molecular weight excluding hydrogens is 368 g/mol. The quantitative estimate of drug-likeness (QED) is 0.751. The maximum atomic E-state index is 12.4. The molecule has 8 heteroatoms. The largest absolute Gasteiger partial charge is 0.494 e. The van der Waals surface area contributed by atoms with E-state index in [1.807, 2.05) is 38.1 Å². The minimum atomic E-state index is -3.84. The Hall–Kier alpha value is -2.32. The lowest BCUT2D eigenvalue weighted by atomic mass is 10.1. The molecule has 0 bridgehead atoms. The Morgan fingerprint density at radius 2 is 1.93 bits per heavy atom. The van der Waals surface area contributed by atoms with Crippen LogP contribution in [0.3, 0.4) is 0 Å². The van der Waals surface area contributed by atoms with Crippen molar-refractivity contribution < 1.29 is 22.4 Å². The van der Waals surface area contributed by atoms with Gasteiger partial charge in [0, 0.05) is 5.54 Å². The van der Waals surface area contributed by atoms with Crippen molar-refractivity contribution in [2.24, 2.45) is 0 Å². The number of ether oxygens (including phenoxy) is 1. The molecule has 2 aromatic rings. The molecular formula is C19H26N2O5S. The predicted octanol–water partition coefficient (Wildman–Crippen LogP) is 3.25. The van der Waals surface area contributed by atoms with Crippen LogP contribution >= 0.6 is 0 Å². The van der Waals surface area contributed by atoms with Crippen LogP contribution in [0.1, 0.15) is 56.8 Å². The predicted molar refractivity (Wildman–Crippen MR) is 102 cm³/mol. The normalized spacial score (nSPS) is 13.2. The molecule has 27 heavy (non-hydrogen) atoms. The van der Waals surface area contributed by atoms with Gasteiger partial charge in [-0.1, -0.05) is 12.1 Å². The molecule has 1 aromatic carbocycles. The third kappa shape index (κ3) is 5.83.